The fraction of sp³-hybridized carbons (Fsp3) is 0.818. The molecule has 1 heterocycles. The van der Waals surface area contributed by atoms with E-state index in [0.717, 1.165) is 11.6 Å². The van der Waals surface area contributed by atoms with Gasteiger partial charge in [0.05, 0.1) is 6.54 Å². The highest BCUT2D eigenvalue weighted by molar-refractivity contribution is 7.15. The minimum atomic E-state index is 0.689. The third-order valence-electron chi connectivity index (χ3n) is 3.42. The number of nitrogens with one attached hydrogen (secondary N) is 1. The average Bonchev–Trinajstić information content (AvgIpc) is 2.62. The van der Waals surface area contributed by atoms with Gasteiger partial charge in [-0.25, -0.2) is 5.84 Å². The van der Waals surface area contributed by atoms with Gasteiger partial charge in [-0.15, -0.1) is 10.2 Å². The van der Waals surface area contributed by atoms with Crippen LogP contribution in [0.5, 0.6) is 0 Å². The summed E-state index contributed by atoms with van der Waals surface area (Å²) in [5.41, 5.74) is 2.54. The van der Waals surface area contributed by atoms with Gasteiger partial charge in [0.25, 0.3) is 0 Å². The zero-order valence-electron chi connectivity index (χ0n) is 10.4. The topological polar surface area (TPSA) is 67.1 Å². The number of aromatic nitrogens is 2. The molecule has 1 saturated carbocycles. The van der Waals surface area contributed by atoms with E-state index in [1.54, 1.807) is 0 Å². The maximum atomic E-state index is 5.30. The first kappa shape index (κ1) is 12.7. The third-order valence-corrected chi connectivity index (χ3v) is 4.26. The fourth-order valence-electron chi connectivity index (χ4n) is 2.42. The van der Waals surface area contributed by atoms with E-state index in [9.17, 15) is 0 Å². The first-order valence-electron chi connectivity index (χ1n) is 6.29. The van der Waals surface area contributed by atoms with E-state index in [1.807, 2.05) is 0 Å². The predicted molar refractivity (Wildman–Crippen MR) is 70.7 cm³/mol. The molecule has 5 nitrogen and oxygen atoms in total. The van der Waals surface area contributed by atoms with Crippen molar-refractivity contribution in [3.8, 4) is 0 Å². The van der Waals surface area contributed by atoms with Crippen LogP contribution in [0.1, 0.15) is 43.5 Å². The Morgan fingerprint density at radius 2 is 2.00 bits per heavy atom. The molecule has 0 unspecified atom stereocenters. The average molecular weight is 255 g/mol. The third kappa shape index (κ3) is 3.62. The number of nitrogens with zero attached hydrogens (tertiary/aromatic N) is 3. The number of hydrogen-bond acceptors (Lipinski definition) is 6. The lowest BCUT2D eigenvalue weighted by atomic mass is 10.1. The van der Waals surface area contributed by atoms with Gasteiger partial charge in [-0.1, -0.05) is 37.0 Å². The first-order chi connectivity index (χ1) is 8.29. The molecule has 1 aromatic rings. The molecule has 0 bridgehead atoms. The van der Waals surface area contributed by atoms with Crippen LogP contribution in [-0.4, -0.2) is 28.2 Å². The Hall–Kier alpha value is -0.720. The smallest absolute Gasteiger partial charge is 0.219 e. The predicted octanol–water partition coefficient (Wildman–Crippen LogP) is 1.98. The van der Waals surface area contributed by atoms with Crippen molar-refractivity contribution in [2.75, 3.05) is 12.5 Å². The second kappa shape index (κ2) is 6.28. The SMILES string of the molecule is CN(Cc1nnc(NN)s1)C1CCCCCC1. The molecule has 96 valence electrons. The molecule has 0 amide bonds. The van der Waals surface area contributed by atoms with Crippen molar-refractivity contribution in [1.82, 2.24) is 15.1 Å². The van der Waals surface area contributed by atoms with Crippen molar-refractivity contribution in [2.45, 2.75) is 51.1 Å². The summed E-state index contributed by atoms with van der Waals surface area (Å²) in [4.78, 5) is 2.41. The molecule has 3 N–H and O–H groups in total. The molecular formula is C11H21N5S. The molecule has 6 heteroatoms. The van der Waals surface area contributed by atoms with Gasteiger partial charge in [-0.05, 0) is 19.9 Å². The van der Waals surface area contributed by atoms with Crippen LogP contribution in [-0.2, 0) is 6.54 Å². The van der Waals surface area contributed by atoms with Gasteiger partial charge in [0, 0.05) is 6.04 Å². The van der Waals surface area contributed by atoms with E-state index in [2.05, 4.69) is 27.6 Å². The number of hydrazine groups is 1. The summed E-state index contributed by atoms with van der Waals surface area (Å²) in [6.07, 6.45) is 8.14. The van der Waals surface area contributed by atoms with Gasteiger partial charge in [0.2, 0.25) is 5.13 Å². The highest BCUT2D eigenvalue weighted by atomic mass is 32.1. The fourth-order valence-corrected chi connectivity index (χ4v) is 3.13. The van der Waals surface area contributed by atoms with Crippen LogP contribution in [0.4, 0.5) is 5.13 Å². The number of nitrogen functional groups attached to an aromatic ring is 1. The Morgan fingerprint density at radius 3 is 2.59 bits per heavy atom. The Balaban J connectivity index is 1.88. The Kier molecular flexibility index (Phi) is 4.70. The van der Waals surface area contributed by atoms with Crippen LogP contribution < -0.4 is 11.3 Å². The second-order valence-corrected chi connectivity index (χ2v) is 5.77. The van der Waals surface area contributed by atoms with Crippen molar-refractivity contribution < 1.29 is 0 Å². The molecule has 1 fully saturated rings. The van der Waals surface area contributed by atoms with Crippen molar-refractivity contribution in [3.63, 3.8) is 0 Å². The standard InChI is InChI=1S/C11H21N5S/c1-16(9-6-4-2-3-5-7-9)8-10-14-15-11(13-12)17-10/h9H,2-8,12H2,1H3,(H,13,15). The lowest BCUT2D eigenvalue weighted by Gasteiger charge is -2.25. The van der Waals surface area contributed by atoms with Gasteiger partial charge in [0.1, 0.15) is 5.01 Å². The van der Waals surface area contributed by atoms with Gasteiger partial charge in [-0.2, -0.15) is 0 Å². The Labute approximate surface area is 106 Å². The summed E-state index contributed by atoms with van der Waals surface area (Å²) in [6, 6.07) is 0.704. The minimum absolute atomic E-state index is 0.689. The summed E-state index contributed by atoms with van der Waals surface area (Å²) in [5, 5.41) is 9.81. The Bertz CT molecular complexity index is 332. The number of anilines is 1. The first-order valence-corrected chi connectivity index (χ1v) is 7.10. The molecule has 17 heavy (non-hydrogen) atoms. The lowest BCUT2D eigenvalue weighted by molar-refractivity contribution is 0.212. The number of nitrogens with two attached hydrogens (primary N) is 1. The molecule has 0 aliphatic heterocycles. The molecule has 1 aliphatic rings. The molecule has 0 radical (unpaired) electrons. The summed E-state index contributed by atoms with van der Waals surface area (Å²) in [7, 11) is 2.19. The van der Waals surface area contributed by atoms with Gasteiger partial charge in [-0.3, -0.25) is 10.3 Å². The summed E-state index contributed by atoms with van der Waals surface area (Å²) < 4.78 is 0. The molecule has 0 spiro atoms. The zero-order valence-corrected chi connectivity index (χ0v) is 11.2. The zero-order chi connectivity index (χ0) is 12.1. The number of rotatable bonds is 4. The second-order valence-electron chi connectivity index (χ2n) is 4.71. The molecule has 0 atom stereocenters. The van der Waals surface area contributed by atoms with E-state index in [0.29, 0.717) is 11.2 Å². The van der Waals surface area contributed by atoms with Crippen LogP contribution in [0, 0.1) is 0 Å². The molecule has 1 aliphatic carbocycles. The summed E-state index contributed by atoms with van der Waals surface area (Å²) >= 11 is 1.53. The van der Waals surface area contributed by atoms with Crippen LogP contribution >= 0.6 is 11.3 Å². The molecule has 0 aromatic carbocycles. The minimum Gasteiger partial charge on any atom is -0.298 e. The maximum Gasteiger partial charge on any atom is 0.219 e. The summed E-state index contributed by atoms with van der Waals surface area (Å²) in [6.45, 7) is 0.879. The largest absolute Gasteiger partial charge is 0.298 e. The van der Waals surface area contributed by atoms with E-state index >= 15 is 0 Å². The summed E-state index contributed by atoms with van der Waals surface area (Å²) in [5.74, 6) is 5.30. The van der Waals surface area contributed by atoms with Gasteiger partial charge >= 0.3 is 0 Å². The quantitative estimate of drug-likeness (QED) is 0.489. The molecule has 0 saturated heterocycles. The van der Waals surface area contributed by atoms with Crippen LogP contribution in [0.3, 0.4) is 0 Å². The van der Waals surface area contributed by atoms with Crippen LogP contribution in [0.25, 0.3) is 0 Å². The van der Waals surface area contributed by atoms with Crippen molar-refractivity contribution in [1.29, 1.82) is 0 Å². The van der Waals surface area contributed by atoms with Crippen LogP contribution in [0.15, 0.2) is 0 Å². The van der Waals surface area contributed by atoms with E-state index < -0.39 is 0 Å². The highest BCUT2D eigenvalue weighted by Gasteiger charge is 2.18. The lowest BCUT2D eigenvalue weighted by Crippen LogP contribution is -2.30. The Morgan fingerprint density at radius 1 is 1.29 bits per heavy atom. The monoisotopic (exact) mass is 255 g/mol. The van der Waals surface area contributed by atoms with E-state index in [4.69, 9.17) is 5.84 Å². The molecule has 2 rings (SSSR count). The van der Waals surface area contributed by atoms with Crippen LogP contribution in [0.2, 0.25) is 0 Å². The molecule has 1 aromatic heterocycles. The van der Waals surface area contributed by atoms with Crippen molar-refractivity contribution in [2.24, 2.45) is 5.84 Å². The normalized spacial score (nSPS) is 18.3. The van der Waals surface area contributed by atoms with E-state index in [1.165, 1.54) is 49.9 Å². The van der Waals surface area contributed by atoms with Gasteiger partial charge in [0.15, 0.2) is 0 Å². The van der Waals surface area contributed by atoms with Gasteiger partial charge < -0.3 is 0 Å². The highest BCUT2D eigenvalue weighted by Crippen LogP contribution is 2.23. The maximum absolute atomic E-state index is 5.30. The van der Waals surface area contributed by atoms with Crippen molar-refractivity contribution in [3.05, 3.63) is 5.01 Å². The number of hydrogen-bond donors (Lipinski definition) is 2. The molecular weight excluding hydrogens is 234 g/mol. The van der Waals surface area contributed by atoms with E-state index in [-0.39, 0.29) is 0 Å². The van der Waals surface area contributed by atoms with Crippen molar-refractivity contribution >= 4 is 16.5 Å².